The fourth-order valence-corrected chi connectivity index (χ4v) is 3.95. The van der Waals surface area contributed by atoms with Gasteiger partial charge in [0, 0.05) is 5.56 Å². The van der Waals surface area contributed by atoms with E-state index in [9.17, 15) is 9.90 Å². The van der Waals surface area contributed by atoms with Crippen molar-refractivity contribution in [2.24, 2.45) is 5.16 Å². The number of nitrogens with zero attached hydrogens (tertiary/aromatic N) is 1. The molecule has 1 N–H and O–H groups in total. The Kier molecular flexibility index (Phi) is 5.05. The molecule has 1 aromatic carbocycles. The molecule has 2 aliphatic heterocycles. The number of aliphatic hydroxyl groups is 1. The van der Waals surface area contributed by atoms with Gasteiger partial charge in [-0.1, -0.05) is 22.9 Å². The van der Waals surface area contributed by atoms with Gasteiger partial charge in [0.2, 0.25) is 0 Å². The van der Waals surface area contributed by atoms with Crippen LogP contribution >= 0.6 is 0 Å². The molecule has 1 fully saturated rings. The van der Waals surface area contributed by atoms with Crippen LogP contribution in [0.2, 0.25) is 0 Å². The first-order valence-electron chi connectivity index (χ1n) is 9.01. The highest BCUT2D eigenvalue weighted by Crippen LogP contribution is 2.37. The molecule has 7 nitrogen and oxygen atoms in total. The Hall–Kier alpha value is -1.96. The number of rotatable bonds is 4. The van der Waals surface area contributed by atoms with Crippen LogP contribution in [0.15, 0.2) is 17.3 Å². The lowest BCUT2D eigenvalue weighted by Crippen LogP contribution is -2.56. The van der Waals surface area contributed by atoms with Crippen LogP contribution in [0, 0.1) is 20.8 Å². The number of benzene rings is 1. The van der Waals surface area contributed by atoms with E-state index in [1.54, 1.807) is 13.8 Å². The molecule has 2 aliphatic rings. The molecule has 0 bridgehead atoms. The molecule has 2 heterocycles. The van der Waals surface area contributed by atoms with Gasteiger partial charge in [0.1, 0.15) is 12.2 Å². The van der Waals surface area contributed by atoms with Gasteiger partial charge in [-0.05, 0) is 45.7 Å². The maximum Gasteiger partial charge on any atom is 0.356 e. The van der Waals surface area contributed by atoms with Crippen LogP contribution in [-0.2, 0) is 23.8 Å². The number of esters is 1. The molecule has 0 amide bonds. The first kappa shape index (κ1) is 19.8. The quantitative estimate of drug-likeness (QED) is 0.809. The third-order valence-corrected chi connectivity index (χ3v) is 5.11. The first-order chi connectivity index (χ1) is 12.6. The highest BCUT2D eigenvalue weighted by atomic mass is 16.8. The van der Waals surface area contributed by atoms with Gasteiger partial charge in [0.25, 0.3) is 5.60 Å². The Balaban J connectivity index is 1.92. The van der Waals surface area contributed by atoms with Crippen molar-refractivity contribution in [2.45, 2.75) is 64.6 Å². The molecule has 0 spiro atoms. The van der Waals surface area contributed by atoms with E-state index in [0.717, 1.165) is 22.3 Å². The van der Waals surface area contributed by atoms with E-state index in [-0.39, 0.29) is 13.0 Å². The molecule has 3 atom stereocenters. The zero-order valence-electron chi connectivity index (χ0n) is 16.7. The van der Waals surface area contributed by atoms with Gasteiger partial charge in [0.05, 0.1) is 25.8 Å². The maximum absolute atomic E-state index is 12.6. The van der Waals surface area contributed by atoms with Crippen molar-refractivity contribution in [1.29, 1.82) is 0 Å². The van der Waals surface area contributed by atoms with Crippen molar-refractivity contribution in [2.75, 3.05) is 13.7 Å². The standard InChI is InChI=1S/C20H27NO6/c1-11-7-12(2)16(13(3)8-11)14-9-20(27-21-14,18(23)24-6)17(22)15-10-25-19(4,5)26-15/h7-8,15,17,22H,9-10H2,1-6H3/t15-,17+,20+/m1/s1. The molecule has 3 rings (SSSR count). The Morgan fingerprint density at radius 3 is 2.44 bits per heavy atom. The summed E-state index contributed by atoms with van der Waals surface area (Å²) < 4.78 is 16.2. The van der Waals surface area contributed by atoms with Crippen LogP contribution in [-0.4, -0.2) is 54.1 Å². The van der Waals surface area contributed by atoms with E-state index in [1.165, 1.54) is 7.11 Å². The molecule has 1 aromatic rings. The van der Waals surface area contributed by atoms with Gasteiger partial charge in [-0.15, -0.1) is 0 Å². The van der Waals surface area contributed by atoms with Crippen LogP contribution in [0.3, 0.4) is 0 Å². The molecule has 0 unspecified atom stereocenters. The van der Waals surface area contributed by atoms with Crippen molar-refractivity contribution >= 4 is 11.7 Å². The van der Waals surface area contributed by atoms with Crippen LogP contribution in [0.1, 0.15) is 42.5 Å². The molecule has 0 aliphatic carbocycles. The summed E-state index contributed by atoms with van der Waals surface area (Å²) in [5.41, 5.74) is 3.07. The molecule has 0 aromatic heterocycles. The Morgan fingerprint density at radius 1 is 1.30 bits per heavy atom. The average molecular weight is 377 g/mol. The summed E-state index contributed by atoms with van der Waals surface area (Å²) >= 11 is 0. The molecule has 148 valence electrons. The summed E-state index contributed by atoms with van der Waals surface area (Å²) in [6.07, 6.45) is -1.93. The number of hydrogen-bond acceptors (Lipinski definition) is 7. The number of ether oxygens (including phenoxy) is 3. The number of hydrogen-bond donors (Lipinski definition) is 1. The monoisotopic (exact) mass is 377 g/mol. The normalized spacial score (nSPS) is 27.8. The Morgan fingerprint density at radius 2 is 1.93 bits per heavy atom. The third kappa shape index (κ3) is 3.47. The van der Waals surface area contributed by atoms with Crippen molar-refractivity contribution in [3.05, 3.63) is 34.4 Å². The summed E-state index contributed by atoms with van der Waals surface area (Å²) in [6.45, 7) is 9.65. The zero-order chi connectivity index (χ0) is 20.0. The van der Waals surface area contributed by atoms with Gasteiger partial charge in [-0.2, -0.15) is 0 Å². The van der Waals surface area contributed by atoms with Crippen LogP contribution in [0.4, 0.5) is 0 Å². The zero-order valence-corrected chi connectivity index (χ0v) is 16.7. The number of aryl methyl sites for hydroxylation is 3. The average Bonchev–Trinajstić information content (AvgIpc) is 3.17. The van der Waals surface area contributed by atoms with Gasteiger partial charge in [-0.25, -0.2) is 4.79 Å². The van der Waals surface area contributed by atoms with Crippen molar-refractivity contribution < 1.29 is 28.9 Å². The predicted molar refractivity (Wildman–Crippen MR) is 98.5 cm³/mol. The van der Waals surface area contributed by atoms with E-state index in [4.69, 9.17) is 19.0 Å². The number of oxime groups is 1. The Labute approximate surface area is 159 Å². The summed E-state index contributed by atoms with van der Waals surface area (Å²) in [5, 5.41) is 15.1. The second kappa shape index (κ2) is 6.89. The van der Waals surface area contributed by atoms with Gasteiger partial charge in [0.15, 0.2) is 5.79 Å². The predicted octanol–water partition coefficient (Wildman–Crippen LogP) is 2.16. The molecule has 0 saturated carbocycles. The maximum atomic E-state index is 12.6. The van der Waals surface area contributed by atoms with E-state index in [2.05, 4.69) is 17.3 Å². The van der Waals surface area contributed by atoms with Crippen molar-refractivity contribution in [3.63, 3.8) is 0 Å². The van der Waals surface area contributed by atoms with Gasteiger partial charge >= 0.3 is 5.97 Å². The third-order valence-electron chi connectivity index (χ3n) is 5.11. The van der Waals surface area contributed by atoms with Crippen LogP contribution in [0.25, 0.3) is 0 Å². The van der Waals surface area contributed by atoms with Gasteiger partial charge < -0.3 is 24.2 Å². The van der Waals surface area contributed by atoms with Crippen LogP contribution in [0.5, 0.6) is 0 Å². The largest absolute Gasteiger partial charge is 0.466 e. The summed E-state index contributed by atoms with van der Waals surface area (Å²) in [4.78, 5) is 18.2. The minimum Gasteiger partial charge on any atom is -0.466 e. The summed E-state index contributed by atoms with van der Waals surface area (Å²) in [5.74, 6) is -1.53. The van der Waals surface area contributed by atoms with E-state index in [0.29, 0.717) is 5.71 Å². The lowest BCUT2D eigenvalue weighted by atomic mass is 9.84. The first-order valence-corrected chi connectivity index (χ1v) is 9.01. The topological polar surface area (TPSA) is 86.6 Å². The Bertz CT molecular complexity index is 764. The lowest BCUT2D eigenvalue weighted by molar-refractivity contribution is -0.203. The molecule has 27 heavy (non-hydrogen) atoms. The lowest BCUT2D eigenvalue weighted by Gasteiger charge is -2.32. The van der Waals surface area contributed by atoms with Gasteiger partial charge in [-0.3, -0.25) is 0 Å². The minimum atomic E-state index is -1.66. The van der Waals surface area contributed by atoms with E-state index < -0.39 is 29.6 Å². The molecule has 0 radical (unpaired) electrons. The summed E-state index contributed by atoms with van der Waals surface area (Å²) in [6, 6.07) is 4.10. The second-order valence-electron chi connectivity index (χ2n) is 7.77. The summed E-state index contributed by atoms with van der Waals surface area (Å²) in [7, 11) is 1.26. The highest BCUT2D eigenvalue weighted by Gasteiger charge is 2.58. The van der Waals surface area contributed by atoms with E-state index >= 15 is 0 Å². The number of carbonyl (C=O) groups excluding carboxylic acids is 1. The SMILES string of the molecule is COC(=O)[C@@]1([C@@H](O)[C@H]2COC(C)(C)O2)CC(c2c(C)cc(C)cc2C)=NO1. The fourth-order valence-electron chi connectivity index (χ4n) is 3.95. The highest BCUT2D eigenvalue weighted by molar-refractivity contribution is 6.07. The minimum absolute atomic E-state index is 0.0892. The molecule has 1 saturated heterocycles. The molecule has 7 heteroatoms. The molecular weight excluding hydrogens is 350 g/mol. The van der Waals surface area contributed by atoms with Crippen LogP contribution < -0.4 is 0 Å². The van der Waals surface area contributed by atoms with Crippen molar-refractivity contribution in [1.82, 2.24) is 0 Å². The number of methoxy groups -OCH3 is 1. The fraction of sp³-hybridized carbons (Fsp3) is 0.600. The smallest absolute Gasteiger partial charge is 0.356 e. The second-order valence-corrected chi connectivity index (χ2v) is 7.77. The van der Waals surface area contributed by atoms with E-state index in [1.807, 2.05) is 20.8 Å². The molecular formula is C20H27NO6. The van der Waals surface area contributed by atoms with Crippen molar-refractivity contribution in [3.8, 4) is 0 Å². The number of carbonyl (C=O) groups is 1. The number of aliphatic hydroxyl groups excluding tert-OH is 1.